The average Bonchev–Trinajstić information content (AvgIpc) is 2.68. The fraction of sp³-hybridized carbons (Fsp3) is 0.565. The molecular weight excluding hydrogens is 344 g/mol. The highest BCUT2D eigenvalue weighted by Gasteiger charge is 2.07. The molecule has 144 valence electrons. The van der Waals surface area contributed by atoms with Crippen LogP contribution in [0.25, 0.3) is 10.8 Å². The Morgan fingerprint density at radius 3 is 1.65 bits per heavy atom. The van der Waals surface area contributed by atoms with Gasteiger partial charge in [-0.3, -0.25) is 0 Å². The normalized spacial score (nSPS) is 11.0. The number of halogens is 1. The summed E-state index contributed by atoms with van der Waals surface area (Å²) >= 11 is 5.71. The van der Waals surface area contributed by atoms with Crippen LogP contribution in [0.15, 0.2) is 36.4 Å². The van der Waals surface area contributed by atoms with Crippen molar-refractivity contribution in [3.05, 3.63) is 36.4 Å². The van der Waals surface area contributed by atoms with E-state index in [-0.39, 0.29) is 0 Å². The van der Waals surface area contributed by atoms with Crippen molar-refractivity contribution in [1.29, 1.82) is 0 Å². The summed E-state index contributed by atoms with van der Waals surface area (Å²) in [6.45, 7) is 3.78. The number of ether oxygens (including phenoxy) is 2. The molecule has 0 saturated heterocycles. The molecule has 0 fully saturated rings. The van der Waals surface area contributed by atoms with Gasteiger partial charge in [0, 0.05) is 16.7 Å². The zero-order chi connectivity index (χ0) is 18.5. The highest BCUT2D eigenvalue weighted by atomic mass is 35.5. The van der Waals surface area contributed by atoms with Gasteiger partial charge < -0.3 is 9.47 Å². The zero-order valence-electron chi connectivity index (χ0n) is 16.1. The minimum absolute atomic E-state index is 0.754. The lowest BCUT2D eigenvalue weighted by Crippen LogP contribution is -2.00. The lowest BCUT2D eigenvalue weighted by molar-refractivity contribution is 0.302. The molecule has 0 heterocycles. The van der Waals surface area contributed by atoms with E-state index in [0.29, 0.717) is 0 Å². The Balaban J connectivity index is 1.88. The first-order chi connectivity index (χ1) is 12.9. The third-order valence-electron chi connectivity index (χ3n) is 4.64. The van der Waals surface area contributed by atoms with Crippen LogP contribution in [-0.4, -0.2) is 19.1 Å². The predicted molar refractivity (Wildman–Crippen MR) is 113 cm³/mol. The minimum atomic E-state index is 0.754. The van der Waals surface area contributed by atoms with Gasteiger partial charge in [-0.05, 0) is 31.4 Å². The number of benzene rings is 2. The minimum Gasteiger partial charge on any atom is -0.493 e. The summed E-state index contributed by atoms with van der Waals surface area (Å²) in [5, 5.41) is 2.28. The van der Waals surface area contributed by atoms with Crippen molar-refractivity contribution in [3.63, 3.8) is 0 Å². The van der Waals surface area contributed by atoms with Gasteiger partial charge >= 0.3 is 0 Å². The Kier molecular flexibility index (Phi) is 10.3. The maximum absolute atomic E-state index is 6.06. The highest BCUT2D eigenvalue weighted by molar-refractivity contribution is 6.17. The van der Waals surface area contributed by atoms with Crippen LogP contribution < -0.4 is 9.47 Å². The van der Waals surface area contributed by atoms with Crippen molar-refractivity contribution in [1.82, 2.24) is 0 Å². The third-order valence-corrected chi connectivity index (χ3v) is 4.90. The topological polar surface area (TPSA) is 18.5 Å². The number of hydrogen-bond acceptors (Lipinski definition) is 2. The summed E-state index contributed by atoms with van der Waals surface area (Å²) < 4.78 is 12.1. The van der Waals surface area contributed by atoms with E-state index in [1.807, 2.05) is 6.07 Å². The molecule has 2 nitrogen and oxygen atoms in total. The summed E-state index contributed by atoms with van der Waals surface area (Å²) in [6, 6.07) is 12.5. The molecule has 0 unspecified atom stereocenters. The van der Waals surface area contributed by atoms with Crippen molar-refractivity contribution in [2.45, 2.75) is 64.7 Å². The molecule has 0 aliphatic carbocycles. The Labute approximate surface area is 163 Å². The maximum Gasteiger partial charge on any atom is 0.127 e. The van der Waals surface area contributed by atoms with Crippen molar-refractivity contribution in [3.8, 4) is 11.5 Å². The Morgan fingerprint density at radius 1 is 0.654 bits per heavy atom. The first kappa shape index (κ1) is 20.9. The van der Waals surface area contributed by atoms with Crippen LogP contribution in [-0.2, 0) is 0 Å². The van der Waals surface area contributed by atoms with Crippen molar-refractivity contribution in [2.24, 2.45) is 0 Å². The molecule has 0 aliphatic heterocycles. The number of fused-ring (bicyclic) bond motifs is 1. The van der Waals surface area contributed by atoms with E-state index in [2.05, 4.69) is 37.3 Å². The van der Waals surface area contributed by atoms with Crippen molar-refractivity contribution in [2.75, 3.05) is 19.1 Å². The molecule has 0 radical (unpaired) electrons. The standard InChI is InChI=1S/C23H33ClO2/c1-2-3-4-6-11-18-25-22-15-16-23(21-14-9-8-13-20(21)22)26-19-12-7-5-10-17-24/h8-9,13-16H,2-7,10-12,17-19H2,1H3. The first-order valence-corrected chi connectivity index (χ1v) is 10.7. The van der Waals surface area contributed by atoms with Gasteiger partial charge in [0.15, 0.2) is 0 Å². The van der Waals surface area contributed by atoms with Crippen LogP contribution in [0.4, 0.5) is 0 Å². The fourth-order valence-electron chi connectivity index (χ4n) is 3.12. The van der Waals surface area contributed by atoms with Crippen molar-refractivity contribution < 1.29 is 9.47 Å². The smallest absolute Gasteiger partial charge is 0.127 e. The zero-order valence-corrected chi connectivity index (χ0v) is 16.9. The van der Waals surface area contributed by atoms with Gasteiger partial charge in [0.1, 0.15) is 11.5 Å². The Morgan fingerprint density at radius 2 is 1.15 bits per heavy atom. The number of alkyl halides is 1. The molecule has 0 aliphatic rings. The summed E-state index contributed by atoms with van der Waals surface area (Å²) in [6.07, 6.45) is 10.8. The number of unbranched alkanes of at least 4 members (excludes halogenated alkanes) is 7. The number of rotatable bonds is 14. The molecule has 3 heteroatoms. The molecule has 0 amide bonds. The van der Waals surface area contributed by atoms with Gasteiger partial charge in [-0.25, -0.2) is 0 Å². The first-order valence-electron chi connectivity index (χ1n) is 10.2. The second-order valence-corrected chi connectivity index (χ2v) is 7.20. The van der Waals surface area contributed by atoms with Crippen LogP contribution in [0.5, 0.6) is 11.5 Å². The molecule has 2 aromatic rings. The number of hydrogen-bond donors (Lipinski definition) is 0. The molecule has 2 rings (SSSR count). The maximum atomic E-state index is 6.06. The van der Waals surface area contributed by atoms with Crippen LogP contribution in [0.3, 0.4) is 0 Å². The molecule has 2 aromatic carbocycles. The fourth-order valence-corrected chi connectivity index (χ4v) is 3.30. The summed E-state index contributed by atoms with van der Waals surface area (Å²) in [7, 11) is 0. The van der Waals surface area contributed by atoms with Gasteiger partial charge in [0.05, 0.1) is 13.2 Å². The summed E-state index contributed by atoms with van der Waals surface area (Å²) in [5.74, 6) is 2.67. The van der Waals surface area contributed by atoms with E-state index in [4.69, 9.17) is 21.1 Å². The van der Waals surface area contributed by atoms with E-state index in [9.17, 15) is 0 Å². The Hall–Kier alpha value is -1.41. The van der Waals surface area contributed by atoms with E-state index < -0.39 is 0 Å². The van der Waals surface area contributed by atoms with Crippen LogP contribution >= 0.6 is 11.6 Å². The lowest BCUT2D eigenvalue weighted by Gasteiger charge is -2.13. The average molecular weight is 377 g/mol. The molecule has 0 saturated carbocycles. The molecule has 0 atom stereocenters. The Bertz CT molecular complexity index is 572. The van der Waals surface area contributed by atoms with E-state index in [0.717, 1.165) is 60.6 Å². The molecule has 0 aromatic heterocycles. The van der Waals surface area contributed by atoms with E-state index in [1.54, 1.807) is 0 Å². The molecule has 0 bridgehead atoms. The molecule has 26 heavy (non-hydrogen) atoms. The lowest BCUT2D eigenvalue weighted by atomic mass is 10.1. The molecule has 0 spiro atoms. The second-order valence-electron chi connectivity index (χ2n) is 6.82. The van der Waals surface area contributed by atoms with Gasteiger partial charge in [-0.2, -0.15) is 0 Å². The van der Waals surface area contributed by atoms with Gasteiger partial charge in [0.25, 0.3) is 0 Å². The van der Waals surface area contributed by atoms with E-state index in [1.165, 1.54) is 38.5 Å². The van der Waals surface area contributed by atoms with Crippen LogP contribution in [0.2, 0.25) is 0 Å². The monoisotopic (exact) mass is 376 g/mol. The second kappa shape index (κ2) is 12.9. The van der Waals surface area contributed by atoms with Gasteiger partial charge in [-0.1, -0.05) is 69.7 Å². The van der Waals surface area contributed by atoms with Crippen LogP contribution in [0.1, 0.15) is 64.7 Å². The molecule has 0 N–H and O–H groups in total. The van der Waals surface area contributed by atoms with Crippen LogP contribution in [0, 0.1) is 0 Å². The van der Waals surface area contributed by atoms with Gasteiger partial charge in [0.2, 0.25) is 0 Å². The van der Waals surface area contributed by atoms with Crippen molar-refractivity contribution >= 4 is 22.4 Å². The van der Waals surface area contributed by atoms with E-state index >= 15 is 0 Å². The third kappa shape index (κ3) is 7.07. The summed E-state index contributed by atoms with van der Waals surface area (Å²) in [5.41, 5.74) is 0. The largest absolute Gasteiger partial charge is 0.493 e. The highest BCUT2D eigenvalue weighted by Crippen LogP contribution is 2.33. The quantitative estimate of drug-likeness (QED) is 0.253. The van der Waals surface area contributed by atoms with Gasteiger partial charge in [-0.15, -0.1) is 11.6 Å². The predicted octanol–water partition coefficient (Wildman–Crippen LogP) is 7.37. The SMILES string of the molecule is CCCCCCCOc1ccc(OCCCCCCCl)c2ccccc12. The molecular formula is C23H33ClO2. The summed E-state index contributed by atoms with van der Waals surface area (Å²) in [4.78, 5) is 0.